The van der Waals surface area contributed by atoms with Crippen molar-refractivity contribution in [3.8, 4) is 0 Å². The van der Waals surface area contributed by atoms with Crippen LogP contribution in [0.1, 0.15) is 29.5 Å². The third-order valence-corrected chi connectivity index (χ3v) is 4.86. The molecule has 2 aliphatic rings. The summed E-state index contributed by atoms with van der Waals surface area (Å²) in [6.45, 7) is 4.94. The van der Waals surface area contributed by atoms with Crippen molar-refractivity contribution in [3.63, 3.8) is 0 Å². The van der Waals surface area contributed by atoms with Gasteiger partial charge in [0.05, 0.1) is 6.04 Å². The third kappa shape index (κ3) is 3.27. The lowest BCUT2D eigenvalue weighted by atomic mass is 10.0. The van der Waals surface area contributed by atoms with Crippen LogP contribution in [0.4, 0.5) is 4.79 Å². The molecule has 1 aromatic carbocycles. The molecule has 3 amide bonds. The number of benzene rings is 1. The number of likely N-dealkylation sites (tertiary alicyclic amines) is 1. The summed E-state index contributed by atoms with van der Waals surface area (Å²) in [5, 5.41) is 0. The first-order valence-electron chi connectivity index (χ1n) is 8.28. The number of cyclic esters (lactones) is 1. The number of hydrogen-bond acceptors (Lipinski definition) is 4. The summed E-state index contributed by atoms with van der Waals surface area (Å²) < 4.78 is 4.75. The smallest absolute Gasteiger partial charge is 0.417 e. The topological polar surface area (TPSA) is 66.9 Å². The maximum Gasteiger partial charge on any atom is 0.417 e. The van der Waals surface area contributed by atoms with Crippen molar-refractivity contribution in [2.45, 2.75) is 39.2 Å². The molecule has 1 atom stereocenters. The minimum Gasteiger partial charge on any atom is -0.439 e. The molecule has 0 aliphatic carbocycles. The Morgan fingerprint density at radius 3 is 2.71 bits per heavy atom. The highest BCUT2D eigenvalue weighted by Gasteiger charge is 2.41. The number of ether oxygens (including phenoxy) is 1. The summed E-state index contributed by atoms with van der Waals surface area (Å²) in [5.74, 6) is -0.245. The second-order valence-corrected chi connectivity index (χ2v) is 6.52. The maximum atomic E-state index is 12.4. The quantitative estimate of drug-likeness (QED) is 0.844. The summed E-state index contributed by atoms with van der Waals surface area (Å²) >= 11 is 0. The first-order chi connectivity index (χ1) is 11.5. The number of hydrogen-bond donors (Lipinski definition) is 0. The van der Waals surface area contributed by atoms with Gasteiger partial charge in [-0.25, -0.2) is 9.69 Å². The second-order valence-electron chi connectivity index (χ2n) is 6.52. The van der Waals surface area contributed by atoms with Gasteiger partial charge in [-0.3, -0.25) is 9.59 Å². The fourth-order valence-electron chi connectivity index (χ4n) is 3.26. The van der Waals surface area contributed by atoms with E-state index in [1.54, 1.807) is 4.90 Å². The first-order valence-corrected chi connectivity index (χ1v) is 8.28. The maximum absolute atomic E-state index is 12.4. The van der Waals surface area contributed by atoms with E-state index < -0.39 is 6.09 Å². The minimum absolute atomic E-state index is 0.0655. The Kier molecular flexibility index (Phi) is 4.55. The van der Waals surface area contributed by atoms with Crippen molar-refractivity contribution in [1.29, 1.82) is 0 Å². The molecule has 2 saturated heterocycles. The van der Waals surface area contributed by atoms with Crippen LogP contribution in [0.2, 0.25) is 0 Å². The first kappa shape index (κ1) is 16.5. The van der Waals surface area contributed by atoms with Gasteiger partial charge in [-0.15, -0.1) is 0 Å². The number of carbonyl (C=O) groups excluding carboxylic acids is 3. The number of rotatable bonds is 4. The molecule has 1 aromatic rings. The molecule has 2 fully saturated rings. The molecule has 0 spiro atoms. The number of aryl methyl sites for hydroxylation is 3. The predicted octanol–water partition coefficient (Wildman–Crippen LogP) is 1.82. The SMILES string of the molecule is Cc1ccc(CCC(=O)N2CC[C@@H](N3C(=O)COC3=O)C2)cc1C. The van der Waals surface area contributed by atoms with Crippen LogP contribution in [0.5, 0.6) is 0 Å². The fourth-order valence-corrected chi connectivity index (χ4v) is 3.26. The Morgan fingerprint density at radius 2 is 2.04 bits per heavy atom. The second kappa shape index (κ2) is 6.63. The van der Waals surface area contributed by atoms with Gasteiger partial charge in [0, 0.05) is 19.5 Å². The lowest BCUT2D eigenvalue weighted by Gasteiger charge is -2.20. The largest absolute Gasteiger partial charge is 0.439 e. The summed E-state index contributed by atoms with van der Waals surface area (Å²) in [6.07, 6.45) is 1.17. The average Bonchev–Trinajstić information content (AvgIpc) is 3.15. The summed E-state index contributed by atoms with van der Waals surface area (Å²) in [6, 6.07) is 6.00. The molecule has 0 radical (unpaired) electrons. The van der Waals surface area contributed by atoms with E-state index in [9.17, 15) is 14.4 Å². The zero-order valence-corrected chi connectivity index (χ0v) is 14.1. The van der Waals surface area contributed by atoms with Crippen LogP contribution in [0, 0.1) is 13.8 Å². The Hall–Kier alpha value is -2.37. The van der Waals surface area contributed by atoms with Gasteiger partial charge in [-0.05, 0) is 43.4 Å². The summed E-state index contributed by atoms with van der Waals surface area (Å²) in [4.78, 5) is 38.6. The van der Waals surface area contributed by atoms with Crippen molar-refractivity contribution in [1.82, 2.24) is 9.80 Å². The van der Waals surface area contributed by atoms with Gasteiger partial charge in [-0.2, -0.15) is 0 Å². The van der Waals surface area contributed by atoms with E-state index in [-0.39, 0.29) is 24.5 Å². The van der Waals surface area contributed by atoms with Crippen LogP contribution >= 0.6 is 0 Å². The molecule has 2 aliphatic heterocycles. The van der Waals surface area contributed by atoms with Gasteiger partial charge in [0.25, 0.3) is 5.91 Å². The molecule has 128 valence electrons. The number of nitrogens with zero attached hydrogens (tertiary/aromatic N) is 2. The number of imide groups is 1. The zero-order valence-electron chi connectivity index (χ0n) is 14.1. The molecule has 0 bridgehead atoms. The van der Waals surface area contributed by atoms with Gasteiger partial charge >= 0.3 is 6.09 Å². The van der Waals surface area contributed by atoms with Crippen molar-refractivity contribution in [2.75, 3.05) is 19.7 Å². The van der Waals surface area contributed by atoms with Gasteiger partial charge in [0.15, 0.2) is 6.61 Å². The minimum atomic E-state index is -0.588. The van der Waals surface area contributed by atoms with Crippen LogP contribution in [0.25, 0.3) is 0 Å². The number of carbonyl (C=O) groups is 3. The van der Waals surface area contributed by atoms with Crippen molar-refractivity contribution >= 4 is 17.9 Å². The third-order valence-electron chi connectivity index (χ3n) is 4.86. The van der Waals surface area contributed by atoms with Crippen LogP contribution in [0.3, 0.4) is 0 Å². The van der Waals surface area contributed by atoms with Crippen molar-refractivity contribution in [3.05, 3.63) is 34.9 Å². The van der Waals surface area contributed by atoms with E-state index in [4.69, 9.17) is 4.74 Å². The Morgan fingerprint density at radius 1 is 1.25 bits per heavy atom. The average molecular weight is 330 g/mol. The summed E-state index contributed by atoms with van der Waals surface area (Å²) in [5.41, 5.74) is 3.63. The highest BCUT2D eigenvalue weighted by molar-refractivity contribution is 5.98. The van der Waals surface area contributed by atoms with Gasteiger partial charge < -0.3 is 9.64 Å². The summed E-state index contributed by atoms with van der Waals surface area (Å²) in [7, 11) is 0. The van der Waals surface area contributed by atoms with Crippen LogP contribution in [0.15, 0.2) is 18.2 Å². The zero-order chi connectivity index (χ0) is 17.3. The molecular weight excluding hydrogens is 308 g/mol. The van der Waals surface area contributed by atoms with Crippen LogP contribution in [-0.4, -0.2) is 53.4 Å². The van der Waals surface area contributed by atoms with E-state index in [1.807, 2.05) is 0 Å². The molecule has 2 heterocycles. The van der Waals surface area contributed by atoms with Gasteiger partial charge in [0.2, 0.25) is 5.91 Å². The monoisotopic (exact) mass is 330 g/mol. The molecule has 0 N–H and O–H groups in total. The van der Waals surface area contributed by atoms with E-state index in [1.165, 1.54) is 11.1 Å². The van der Waals surface area contributed by atoms with Gasteiger partial charge in [-0.1, -0.05) is 18.2 Å². The highest BCUT2D eigenvalue weighted by Crippen LogP contribution is 2.21. The molecular formula is C18H22N2O4. The standard InChI is InChI=1S/C18H22N2O4/c1-12-3-4-14(9-13(12)2)5-6-16(21)19-8-7-15(10-19)20-17(22)11-24-18(20)23/h3-4,9,15H,5-8,10-11H2,1-2H3/t15-/m1/s1. The molecule has 0 saturated carbocycles. The van der Waals surface area contributed by atoms with Crippen molar-refractivity contribution in [2.24, 2.45) is 0 Å². The molecule has 0 aromatic heterocycles. The van der Waals surface area contributed by atoms with E-state index in [0.29, 0.717) is 32.4 Å². The van der Waals surface area contributed by atoms with Crippen LogP contribution < -0.4 is 0 Å². The van der Waals surface area contributed by atoms with E-state index >= 15 is 0 Å². The Bertz CT molecular complexity index is 670. The highest BCUT2D eigenvalue weighted by atomic mass is 16.6. The predicted molar refractivity (Wildman–Crippen MR) is 87.4 cm³/mol. The number of amides is 3. The molecule has 0 unspecified atom stereocenters. The lowest BCUT2D eigenvalue weighted by molar-refractivity contribution is -0.131. The fraction of sp³-hybridized carbons (Fsp3) is 0.500. The Balaban J connectivity index is 1.54. The normalized spacial score (nSPS) is 20.7. The molecule has 6 heteroatoms. The van der Waals surface area contributed by atoms with E-state index in [2.05, 4.69) is 32.0 Å². The Labute approximate surface area is 141 Å². The lowest BCUT2D eigenvalue weighted by Crippen LogP contribution is -2.42. The van der Waals surface area contributed by atoms with Crippen LogP contribution in [-0.2, 0) is 20.7 Å². The molecule has 3 rings (SSSR count). The van der Waals surface area contributed by atoms with E-state index in [0.717, 1.165) is 10.5 Å². The molecule has 6 nitrogen and oxygen atoms in total. The van der Waals surface area contributed by atoms with Gasteiger partial charge in [0.1, 0.15) is 0 Å². The molecule has 24 heavy (non-hydrogen) atoms. The van der Waals surface area contributed by atoms with Crippen molar-refractivity contribution < 1.29 is 19.1 Å².